The molecular formula is C15H18BrN3. The molecule has 2 aromatic rings. The Balaban J connectivity index is 2.26. The van der Waals surface area contributed by atoms with Crippen molar-refractivity contribution in [1.82, 2.24) is 9.97 Å². The maximum atomic E-state index is 6.15. The van der Waals surface area contributed by atoms with Crippen molar-refractivity contribution >= 4 is 15.9 Å². The molecule has 0 saturated heterocycles. The van der Waals surface area contributed by atoms with Gasteiger partial charge in [-0.2, -0.15) is 0 Å². The molecule has 2 N–H and O–H groups in total. The highest BCUT2D eigenvalue weighted by molar-refractivity contribution is 9.10. The zero-order valence-electron chi connectivity index (χ0n) is 11.4. The van der Waals surface area contributed by atoms with Crippen LogP contribution in [0.3, 0.4) is 0 Å². The molecule has 0 saturated carbocycles. The lowest BCUT2D eigenvalue weighted by Gasteiger charge is -2.25. The molecule has 19 heavy (non-hydrogen) atoms. The van der Waals surface area contributed by atoms with E-state index < -0.39 is 0 Å². The summed E-state index contributed by atoms with van der Waals surface area (Å²) in [7, 11) is 0. The van der Waals surface area contributed by atoms with Gasteiger partial charge in [0.15, 0.2) is 0 Å². The van der Waals surface area contributed by atoms with Gasteiger partial charge in [0, 0.05) is 22.4 Å². The van der Waals surface area contributed by atoms with Crippen LogP contribution in [0.25, 0.3) is 11.1 Å². The Morgan fingerprint density at radius 1 is 1.00 bits per heavy atom. The van der Waals surface area contributed by atoms with Crippen molar-refractivity contribution in [3.8, 4) is 11.1 Å². The minimum atomic E-state index is -0.161. The van der Waals surface area contributed by atoms with Crippen LogP contribution >= 0.6 is 15.9 Å². The molecule has 3 nitrogen and oxygen atoms in total. The topological polar surface area (TPSA) is 51.8 Å². The van der Waals surface area contributed by atoms with E-state index in [-0.39, 0.29) is 11.5 Å². The lowest BCUT2D eigenvalue weighted by atomic mass is 9.87. The molecule has 1 atom stereocenters. The largest absolute Gasteiger partial charge is 0.321 e. The summed E-state index contributed by atoms with van der Waals surface area (Å²) >= 11 is 3.42. The van der Waals surface area contributed by atoms with Gasteiger partial charge in [0.1, 0.15) is 5.82 Å². The van der Waals surface area contributed by atoms with E-state index in [1.807, 2.05) is 36.7 Å². The van der Waals surface area contributed by atoms with Crippen LogP contribution in [0, 0.1) is 5.41 Å². The van der Waals surface area contributed by atoms with Gasteiger partial charge in [-0.1, -0.05) is 48.8 Å². The van der Waals surface area contributed by atoms with Crippen molar-refractivity contribution in [1.29, 1.82) is 0 Å². The Kier molecular flexibility index (Phi) is 4.02. The number of nitrogens with two attached hydrogens (primary N) is 1. The molecule has 100 valence electrons. The molecule has 0 aliphatic carbocycles. The Hall–Kier alpha value is -1.26. The molecule has 0 aliphatic rings. The molecule has 0 radical (unpaired) electrons. The molecule has 1 heterocycles. The van der Waals surface area contributed by atoms with E-state index in [0.717, 1.165) is 15.6 Å². The first-order chi connectivity index (χ1) is 8.88. The number of hydrogen-bond donors (Lipinski definition) is 1. The standard InChI is InChI=1S/C15H18BrN3/c1-15(2,3)13(17)14-18-8-11(9-19-14)10-4-6-12(16)7-5-10/h4-9,13H,17H2,1-3H3. The maximum Gasteiger partial charge on any atom is 0.145 e. The van der Waals surface area contributed by atoms with Gasteiger partial charge < -0.3 is 5.73 Å². The van der Waals surface area contributed by atoms with E-state index in [0.29, 0.717) is 5.82 Å². The summed E-state index contributed by atoms with van der Waals surface area (Å²) in [6, 6.07) is 7.92. The zero-order valence-corrected chi connectivity index (χ0v) is 13.0. The van der Waals surface area contributed by atoms with Gasteiger partial charge in [0.05, 0.1) is 6.04 Å². The van der Waals surface area contributed by atoms with Gasteiger partial charge in [-0.15, -0.1) is 0 Å². The Bertz CT molecular complexity index is 541. The van der Waals surface area contributed by atoms with Gasteiger partial charge in [-0.3, -0.25) is 0 Å². The SMILES string of the molecule is CC(C)(C)C(N)c1ncc(-c2ccc(Br)cc2)cn1. The van der Waals surface area contributed by atoms with Crippen molar-refractivity contribution in [2.24, 2.45) is 11.1 Å². The quantitative estimate of drug-likeness (QED) is 0.911. The number of hydrogen-bond acceptors (Lipinski definition) is 3. The van der Waals surface area contributed by atoms with Gasteiger partial charge in [-0.25, -0.2) is 9.97 Å². The molecule has 0 aliphatic heterocycles. The van der Waals surface area contributed by atoms with Crippen LogP contribution in [0.1, 0.15) is 32.6 Å². The van der Waals surface area contributed by atoms with Gasteiger partial charge >= 0.3 is 0 Å². The summed E-state index contributed by atoms with van der Waals surface area (Å²) in [6.45, 7) is 6.26. The minimum Gasteiger partial charge on any atom is -0.321 e. The first kappa shape index (κ1) is 14.2. The van der Waals surface area contributed by atoms with Crippen molar-refractivity contribution < 1.29 is 0 Å². The summed E-state index contributed by atoms with van der Waals surface area (Å²) in [6.07, 6.45) is 3.66. The summed E-state index contributed by atoms with van der Waals surface area (Å²) in [5, 5.41) is 0. The van der Waals surface area contributed by atoms with Crippen LogP contribution in [0.15, 0.2) is 41.1 Å². The molecule has 1 aromatic carbocycles. The van der Waals surface area contributed by atoms with Crippen molar-refractivity contribution in [2.75, 3.05) is 0 Å². The lowest BCUT2D eigenvalue weighted by molar-refractivity contribution is 0.315. The molecule has 1 unspecified atom stereocenters. The maximum absolute atomic E-state index is 6.15. The van der Waals surface area contributed by atoms with Crippen molar-refractivity contribution in [3.05, 3.63) is 47.0 Å². The molecule has 4 heteroatoms. The molecule has 0 amide bonds. The van der Waals surface area contributed by atoms with Crippen molar-refractivity contribution in [3.63, 3.8) is 0 Å². The molecule has 0 fully saturated rings. The molecule has 2 rings (SSSR count). The molecule has 0 spiro atoms. The van der Waals surface area contributed by atoms with E-state index in [1.54, 1.807) is 0 Å². The summed E-state index contributed by atoms with van der Waals surface area (Å²) in [5.41, 5.74) is 8.20. The summed E-state index contributed by atoms with van der Waals surface area (Å²) < 4.78 is 1.06. The van der Waals surface area contributed by atoms with Crippen molar-refractivity contribution in [2.45, 2.75) is 26.8 Å². The van der Waals surface area contributed by atoms with Crippen LogP contribution in [0.2, 0.25) is 0 Å². The average Bonchev–Trinajstić information content (AvgIpc) is 2.38. The third kappa shape index (κ3) is 3.39. The van der Waals surface area contributed by atoms with Crippen LogP contribution in [0.5, 0.6) is 0 Å². The van der Waals surface area contributed by atoms with Gasteiger partial charge in [-0.05, 0) is 23.1 Å². The highest BCUT2D eigenvalue weighted by Crippen LogP contribution is 2.28. The Morgan fingerprint density at radius 2 is 1.53 bits per heavy atom. The zero-order chi connectivity index (χ0) is 14.0. The monoisotopic (exact) mass is 319 g/mol. The normalized spacial score (nSPS) is 13.3. The number of nitrogens with zero attached hydrogens (tertiary/aromatic N) is 2. The minimum absolute atomic E-state index is 0.0425. The lowest BCUT2D eigenvalue weighted by Crippen LogP contribution is -2.28. The second-order valence-electron chi connectivity index (χ2n) is 5.68. The summed E-state index contributed by atoms with van der Waals surface area (Å²) in [4.78, 5) is 8.79. The Morgan fingerprint density at radius 3 is 2.00 bits per heavy atom. The summed E-state index contributed by atoms with van der Waals surface area (Å²) in [5.74, 6) is 0.688. The second kappa shape index (κ2) is 5.39. The van der Waals surface area contributed by atoms with E-state index in [1.165, 1.54) is 0 Å². The number of aromatic nitrogens is 2. The third-order valence-corrected chi connectivity index (χ3v) is 3.59. The average molecular weight is 320 g/mol. The highest BCUT2D eigenvalue weighted by atomic mass is 79.9. The smallest absolute Gasteiger partial charge is 0.145 e. The first-order valence-electron chi connectivity index (χ1n) is 6.21. The molecule has 1 aromatic heterocycles. The number of rotatable bonds is 2. The first-order valence-corrected chi connectivity index (χ1v) is 7.00. The molecule has 0 bridgehead atoms. The number of halogens is 1. The number of benzene rings is 1. The van der Waals surface area contributed by atoms with Crippen LogP contribution in [-0.2, 0) is 0 Å². The second-order valence-corrected chi connectivity index (χ2v) is 6.60. The van der Waals surface area contributed by atoms with Crippen LogP contribution in [0.4, 0.5) is 0 Å². The fourth-order valence-corrected chi connectivity index (χ4v) is 1.94. The van der Waals surface area contributed by atoms with Gasteiger partial charge in [0.2, 0.25) is 0 Å². The predicted octanol–water partition coefficient (Wildman–Crippen LogP) is 3.95. The van der Waals surface area contributed by atoms with E-state index in [4.69, 9.17) is 5.73 Å². The van der Waals surface area contributed by atoms with Crippen LogP contribution in [-0.4, -0.2) is 9.97 Å². The molecular weight excluding hydrogens is 302 g/mol. The fourth-order valence-electron chi connectivity index (χ4n) is 1.68. The third-order valence-electron chi connectivity index (χ3n) is 3.06. The van der Waals surface area contributed by atoms with Gasteiger partial charge in [0.25, 0.3) is 0 Å². The fraction of sp³-hybridized carbons (Fsp3) is 0.333. The highest BCUT2D eigenvalue weighted by Gasteiger charge is 2.24. The van der Waals surface area contributed by atoms with Crippen LogP contribution < -0.4 is 5.73 Å². The van der Waals surface area contributed by atoms with E-state index in [9.17, 15) is 0 Å². The van der Waals surface area contributed by atoms with E-state index >= 15 is 0 Å². The Labute approximate surface area is 122 Å². The predicted molar refractivity (Wildman–Crippen MR) is 81.6 cm³/mol. The van der Waals surface area contributed by atoms with E-state index in [2.05, 4.69) is 46.7 Å².